The van der Waals surface area contributed by atoms with E-state index >= 15 is 0 Å². The molecule has 0 radical (unpaired) electrons. The Morgan fingerprint density at radius 1 is 1.29 bits per heavy atom. The molecule has 0 saturated carbocycles. The Kier molecular flexibility index (Phi) is 8.14. The minimum atomic E-state index is -0.246. The van der Waals surface area contributed by atoms with Gasteiger partial charge in [-0.25, -0.2) is 0 Å². The predicted octanol–water partition coefficient (Wildman–Crippen LogP) is 1.08. The smallest absolute Gasteiger partial charge is 0.0791 e. The van der Waals surface area contributed by atoms with Crippen LogP contribution in [-0.2, 0) is 0 Å². The van der Waals surface area contributed by atoms with Crippen LogP contribution in [0.3, 0.4) is 0 Å². The van der Waals surface area contributed by atoms with Crippen LogP contribution in [0.25, 0.3) is 0 Å². The molecule has 0 bridgehead atoms. The van der Waals surface area contributed by atoms with Gasteiger partial charge in [0.1, 0.15) is 0 Å². The van der Waals surface area contributed by atoms with E-state index in [2.05, 4.69) is 37.9 Å². The van der Waals surface area contributed by atoms with Crippen molar-refractivity contribution in [3.63, 3.8) is 0 Å². The molecular formula is C11H26N2O. The molecule has 86 valence electrons. The summed E-state index contributed by atoms with van der Waals surface area (Å²) in [5.74, 6) is 0. The second-order valence-corrected chi connectivity index (χ2v) is 4.04. The van der Waals surface area contributed by atoms with Gasteiger partial charge in [-0.1, -0.05) is 13.8 Å². The summed E-state index contributed by atoms with van der Waals surface area (Å²) in [5, 5.41) is 12.9. The first-order valence-electron chi connectivity index (χ1n) is 5.74. The molecule has 0 aromatic rings. The van der Waals surface area contributed by atoms with Gasteiger partial charge in [-0.15, -0.1) is 0 Å². The largest absolute Gasteiger partial charge is 0.390 e. The Bertz CT molecular complexity index is 128. The van der Waals surface area contributed by atoms with Crippen LogP contribution in [0.5, 0.6) is 0 Å². The van der Waals surface area contributed by atoms with Gasteiger partial charge in [-0.3, -0.25) is 4.90 Å². The van der Waals surface area contributed by atoms with E-state index < -0.39 is 0 Å². The molecule has 3 heteroatoms. The Morgan fingerprint density at radius 3 is 2.36 bits per heavy atom. The number of likely N-dealkylation sites (N-methyl/N-ethyl adjacent to an activating group) is 1. The first-order valence-corrected chi connectivity index (χ1v) is 5.74. The van der Waals surface area contributed by atoms with Crippen molar-refractivity contribution in [2.75, 3.05) is 26.2 Å². The highest BCUT2D eigenvalue weighted by Crippen LogP contribution is 1.98. The fourth-order valence-corrected chi connectivity index (χ4v) is 1.49. The molecule has 1 unspecified atom stereocenters. The van der Waals surface area contributed by atoms with Crippen molar-refractivity contribution in [3.05, 3.63) is 0 Å². The van der Waals surface area contributed by atoms with E-state index in [4.69, 9.17) is 0 Å². The lowest BCUT2D eigenvalue weighted by Crippen LogP contribution is -2.41. The highest BCUT2D eigenvalue weighted by Gasteiger charge is 2.12. The van der Waals surface area contributed by atoms with E-state index in [9.17, 15) is 5.11 Å². The van der Waals surface area contributed by atoms with Gasteiger partial charge in [0.05, 0.1) is 6.10 Å². The second-order valence-electron chi connectivity index (χ2n) is 4.04. The van der Waals surface area contributed by atoms with Crippen LogP contribution in [0.1, 0.15) is 34.1 Å². The lowest BCUT2D eigenvalue weighted by molar-refractivity contribution is 0.0981. The normalized spacial score (nSPS) is 13.9. The number of nitrogens with one attached hydrogen (secondary N) is 1. The van der Waals surface area contributed by atoms with Crippen molar-refractivity contribution >= 4 is 0 Å². The van der Waals surface area contributed by atoms with Gasteiger partial charge in [-0.2, -0.15) is 0 Å². The van der Waals surface area contributed by atoms with Crippen molar-refractivity contribution in [3.8, 4) is 0 Å². The monoisotopic (exact) mass is 202 g/mol. The molecule has 0 aromatic heterocycles. The van der Waals surface area contributed by atoms with Gasteiger partial charge in [-0.05, 0) is 33.4 Å². The molecule has 14 heavy (non-hydrogen) atoms. The summed E-state index contributed by atoms with van der Waals surface area (Å²) >= 11 is 0. The van der Waals surface area contributed by atoms with Crippen LogP contribution in [0.4, 0.5) is 0 Å². The number of aliphatic hydroxyl groups excluding tert-OH is 1. The van der Waals surface area contributed by atoms with E-state index in [1.165, 1.54) is 0 Å². The van der Waals surface area contributed by atoms with E-state index in [0.29, 0.717) is 12.6 Å². The third-order valence-electron chi connectivity index (χ3n) is 2.39. The zero-order valence-electron chi connectivity index (χ0n) is 10.1. The van der Waals surface area contributed by atoms with E-state index in [1.807, 2.05) is 0 Å². The van der Waals surface area contributed by atoms with Crippen molar-refractivity contribution in [1.82, 2.24) is 10.2 Å². The topological polar surface area (TPSA) is 35.5 Å². The quantitative estimate of drug-likeness (QED) is 0.578. The Hall–Kier alpha value is -0.120. The zero-order chi connectivity index (χ0) is 11.0. The number of rotatable bonds is 8. The van der Waals surface area contributed by atoms with E-state index in [0.717, 1.165) is 26.1 Å². The predicted molar refractivity (Wildman–Crippen MR) is 61.6 cm³/mol. The van der Waals surface area contributed by atoms with Gasteiger partial charge in [0.15, 0.2) is 0 Å². The summed E-state index contributed by atoms with van der Waals surface area (Å²) < 4.78 is 0. The van der Waals surface area contributed by atoms with Crippen LogP contribution in [0, 0.1) is 0 Å². The zero-order valence-corrected chi connectivity index (χ0v) is 10.1. The maximum atomic E-state index is 9.72. The van der Waals surface area contributed by atoms with Crippen LogP contribution >= 0.6 is 0 Å². The van der Waals surface area contributed by atoms with Gasteiger partial charge < -0.3 is 10.4 Å². The third-order valence-corrected chi connectivity index (χ3v) is 2.39. The van der Waals surface area contributed by atoms with Gasteiger partial charge in [0.25, 0.3) is 0 Å². The summed E-state index contributed by atoms with van der Waals surface area (Å²) in [6.07, 6.45) is 0.873. The lowest BCUT2D eigenvalue weighted by atomic mass is 10.2. The molecule has 0 aliphatic rings. The summed E-state index contributed by atoms with van der Waals surface area (Å²) in [6, 6.07) is 0.515. The average Bonchev–Trinajstić information content (AvgIpc) is 2.14. The van der Waals surface area contributed by atoms with Crippen molar-refractivity contribution in [2.45, 2.75) is 46.3 Å². The van der Waals surface area contributed by atoms with Gasteiger partial charge >= 0.3 is 0 Å². The summed E-state index contributed by atoms with van der Waals surface area (Å²) in [5.41, 5.74) is 0. The number of hydrogen-bond donors (Lipinski definition) is 2. The minimum absolute atomic E-state index is 0.246. The Labute approximate surface area is 88.5 Å². The first-order chi connectivity index (χ1) is 6.61. The highest BCUT2D eigenvalue weighted by atomic mass is 16.3. The Balaban J connectivity index is 3.62. The fraction of sp³-hybridized carbons (Fsp3) is 1.00. The summed E-state index contributed by atoms with van der Waals surface area (Å²) in [6.45, 7) is 12.1. The van der Waals surface area contributed by atoms with Gasteiger partial charge in [0.2, 0.25) is 0 Å². The molecule has 0 aliphatic carbocycles. The van der Waals surface area contributed by atoms with Crippen molar-refractivity contribution in [2.24, 2.45) is 0 Å². The Morgan fingerprint density at radius 2 is 1.93 bits per heavy atom. The maximum absolute atomic E-state index is 9.72. The van der Waals surface area contributed by atoms with Crippen LogP contribution in [0.2, 0.25) is 0 Å². The second kappa shape index (κ2) is 8.21. The number of nitrogens with zero attached hydrogens (tertiary/aromatic N) is 1. The SMILES string of the molecule is CCCNCC(O)CN(CC)C(C)C. The first kappa shape index (κ1) is 13.9. The highest BCUT2D eigenvalue weighted by molar-refractivity contribution is 4.68. The molecule has 0 saturated heterocycles. The van der Waals surface area contributed by atoms with E-state index in [-0.39, 0.29) is 6.10 Å². The van der Waals surface area contributed by atoms with Crippen molar-refractivity contribution < 1.29 is 5.11 Å². The summed E-state index contributed by atoms with van der Waals surface area (Å²) in [4.78, 5) is 2.28. The number of aliphatic hydroxyl groups is 1. The molecule has 2 N–H and O–H groups in total. The summed E-state index contributed by atoms with van der Waals surface area (Å²) in [7, 11) is 0. The molecule has 0 aromatic carbocycles. The molecule has 3 nitrogen and oxygen atoms in total. The van der Waals surface area contributed by atoms with Gasteiger partial charge in [0, 0.05) is 19.1 Å². The fourth-order valence-electron chi connectivity index (χ4n) is 1.49. The number of hydrogen-bond acceptors (Lipinski definition) is 3. The molecule has 1 atom stereocenters. The molecule has 0 spiro atoms. The molecule has 0 amide bonds. The molecule has 0 aliphatic heterocycles. The minimum Gasteiger partial charge on any atom is -0.390 e. The average molecular weight is 202 g/mol. The maximum Gasteiger partial charge on any atom is 0.0791 e. The van der Waals surface area contributed by atoms with Crippen LogP contribution < -0.4 is 5.32 Å². The molecular weight excluding hydrogens is 176 g/mol. The third kappa shape index (κ3) is 6.35. The molecule has 0 fully saturated rings. The van der Waals surface area contributed by atoms with Crippen LogP contribution in [-0.4, -0.2) is 48.3 Å². The standard InChI is InChI=1S/C11H26N2O/c1-5-7-12-8-11(14)9-13(6-2)10(3)4/h10-12,14H,5-9H2,1-4H3. The molecule has 0 heterocycles. The van der Waals surface area contributed by atoms with E-state index in [1.54, 1.807) is 0 Å². The molecule has 0 rings (SSSR count). The van der Waals surface area contributed by atoms with Crippen LogP contribution in [0.15, 0.2) is 0 Å². The lowest BCUT2D eigenvalue weighted by Gasteiger charge is -2.27. The van der Waals surface area contributed by atoms with Crippen molar-refractivity contribution in [1.29, 1.82) is 0 Å².